The molecule has 1 aromatic heterocycles. The molecule has 0 aromatic carbocycles. The van der Waals surface area contributed by atoms with Crippen molar-refractivity contribution >= 4 is 33.7 Å². The van der Waals surface area contributed by atoms with Gasteiger partial charge in [-0.05, 0) is 22.2 Å². The van der Waals surface area contributed by atoms with Gasteiger partial charge in [0.25, 0.3) is 0 Å². The van der Waals surface area contributed by atoms with Gasteiger partial charge >= 0.3 is 5.97 Å². The van der Waals surface area contributed by atoms with Crippen molar-refractivity contribution in [1.29, 1.82) is 0 Å². The predicted octanol–water partition coefficient (Wildman–Crippen LogP) is 1.25. The third kappa shape index (κ3) is 2.49. The minimum Gasteiger partial charge on any atom is -0.478 e. The van der Waals surface area contributed by atoms with E-state index in [1.807, 2.05) is 0 Å². The summed E-state index contributed by atoms with van der Waals surface area (Å²) < 4.78 is 0.257. The molecule has 1 rings (SSSR count). The third-order valence-corrected chi connectivity index (χ3v) is 3.03. The Hall–Kier alpha value is -0.630. The number of nitrogens with zero attached hydrogens (tertiary/aromatic N) is 1. The summed E-state index contributed by atoms with van der Waals surface area (Å²) in [4.78, 5) is 14.8. The lowest BCUT2D eigenvalue weighted by Gasteiger charge is -2.12. The van der Waals surface area contributed by atoms with Crippen LogP contribution in [0.2, 0.25) is 0 Å². The van der Waals surface area contributed by atoms with Crippen LogP contribution in [0, 0.1) is 0 Å². The fourth-order valence-corrected chi connectivity index (χ4v) is 2.16. The van der Waals surface area contributed by atoms with Crippen LogP contribution in [0.15, 0.2) is 15.7 Å². The van der Waals surface area contributed by atoms with Crippen molar-refractivity contribution in [2.75, 3.05) is 6.26 Å². The molecule has 0 atom stereocenters. The van der Waals surface area contributed by atoms with E-state index < -0.39 is 12.3 Å². The lowest BCUT2D eigenvalue weighted by molar-refractivity contribution is -0.0441. The molecule has 15 heavy (non-hydrogen) atoms. The largest absolute Gasteiger partial charge is 0.478 e. The highest BCUT2D eigenvalue weighted by Crippen LogP contribution is 2.30. The van der Waals surface area contributed by atoms with Crippen LogP contribution in [0.3, 0.4) is 0 Å². The maximum atomic E-state index is 11.0. The minimum atomic E-state index is -1.85. The number of pyridine rings is 1. The predicted molar refractivity (Wildman–Crippen MR) is 57.9 cm³/mol. The van der Waals surface area contributed by atoms with Gasteiger partial charge in [-0.15, -0.1) is 11.8 Å². The topological polar surface area (TPSA) is 90.7 Å². The number of halogens is 1. The summed E-state index contributed by atoms with van der Waals surface area (Å²) in [6, 6.07) is 0. The van der Waals surface area contributed by atoms with Crippen LogP contribution in [-0.2, 0) is 0 Å². The van der Waals surface area contributed by atoms with Crippen molar-refractivity contribution < 1.29 is 20.1 Å². The van der Waals surface area contributed by atoms with Gasteiger partial charge in [-0.1, -0.05) is 0 Å². The molecular formula is C8H8BrNO4S. The minimum absolute atomic E-state index is 0.0816. The van der Waals surface area contributed by atoms with Gasteiger partial charge in [0.1, 0.15) is 10.6 Å². The summed E-state index contributed by atoms with van der Waals surface area (Å²) in [5.74, 6) is -1.24. The number of aliphatic hydroxyl groups is 2. The Morgan fingerprint density at radius 3 is 2.60 bits per heavy atom. The molecule has 0 saturated carbocycles. The molecule has 0 fully saturated rings. The summed E-state index contributed by atoms with van der Waals surface area (Å²) >= 11 is 4.15. The second-order valence-electron chi connectivity index (χ2n) is 2.58. The Bertz CT molecular complexity index is 396. The van der Waals surface area contributed by atoms with E-state index in [1.165, 1.54) is 6.20 Å². The van der Waals surface area contributed by atoms with Gasteiger partial charge in [0.15, 0.2) is 6.29 Å². The fourth-order valence-electron chi connectivity index (χ4n) is 1.10. The standard InChI is InChI=1S/C8H8BrNO4S/c1-15-6-5(8(13)14)4(7(11)12)3(9)2-10-6/h2,7,11-12H,1H3,(H,13,14). The van der Waals surface area contributed by atoms with Crippen molar-refractivity contribution in [2.24, 2.45) is 0 Å². The van der Waals surface area contributed by atoms with Crippen LogP contribution in [0.5, 0.6) is 0 Å². The number of thioether (sulfide) groups is 1. The van der Waals surface area contributed by atoms with E-state index in [4.69, 9.17) is 15.3 Å². The lowest BCUT2D eigenvalue weighted by Crippen LogP contribution is -2.10. The van der Waals surface area contributed by atoms with Crippen molar-refractivity contribution in [2.45, 2.75) is 11.3 Å². The molecule has 1 heterocycles. The first kappa shape index (κ1) is 12.4. The fraction of sp³-hybridized carbons (Fsp3) is 0.250. The quantitative estimate of drug-likeness (QED) is 0.574. The molecule has 7 heteroatoms. The van der Waals surface area contributed by atoms with E-state index in [0.29, 0.717) is 0 Å². The number of aromatic carboxylic acids is 1. The summed E-state index contributed by atoms with van der Waals surface area (Å²) in [6.07, 6.45) is 1.16. The highest BCUT2D eigenvalue weighted by atomic mass is 79.9. The summed E-state index contributed by atoms with van der Waals surface area (Å²) in [5, 5.41) is 27.4. The molecule has 0 aliphatic heterocycles. The molecule has 0 spiro atoms. The van der Waals surface area contributed by atoms with E-state index in [2.05, 4.69) is 20.9 Å². The average Bonchev–Trinajstić information content (AvgIpc) is 2.16. The van der Waals surface area contributed by atoms with Gasteiger partial charge < -0.3 is 15.3 Å². The number of carbonyl (C=O) groups is 1. The number of carboxylic acid groups (broad SMARTS) is 1. The molecule has 0 bridgehead atoms. The van der Waals surface area contributed by atoms with Gasteiger partial charge in [0, 0.05) is 16.2 Å². The highest BCUT2D eigenvalue weighted by Gasteiger charge is 2.23. The van der Waals surface area contributed by atoms with E-state index in [1.54, 1.807) is 6.26 Å². The average molecular weight is 294 g/mol. The van der Waals surface area contributed by atoms with E-state index in [0.717, 1.165) is 11.8 Å². The first-order chi connectivity index (χ1) is 6.99. The van der Waals surface area contributed by atoms with Crippen molar-refractivity contribution in [3.05, 3.63) is 21.8 Å². The van der Waals surface area contributed by atoms with Gasteiger partial charge in [0.2, 0.25) is 0 Å². The summed E-state index contributed by atoms with van der Waals surface area (Å²) in [7, 11) is 0. The molecule has 0 unspecified atom stereocenters. The van der Waals surface area contributed by atoms with Crippen LogP contribution < -0.4 is 0 Å². The second-order valence-corrected chi connectivity index (χ2v) is 4.23. The SMILES string of the molecule is CSc1ncc(Br)c(C(O)O)c1C(=O)O. The number of aliphatic hydroxyl groups excluding tert-OH is 1. The monoisotopic (exact) mass is 293 g/mol. The Morgan fingerprint density at radius 1 is 1.60 bits per heavy atom. The summed E-state index contributed by atoms with van der Waals surface area (Å²) in [6.45, 7) is 0. The maximum absolute atomic E-state index is 11.0. The first-order valence-corrected chi connectivity index (χ1v) is 5.82. The lowest BCUT2D eigenvalue weighted by atomic mass is 10.1. The molecule has 0 aliphatic rings. The van der Waals surface area contributed by atoms with E-state index >= 15 is 0 Å². The molecule has 82 valence electrons. The molecule has 3 N–H and O–H groups in total. The number of rotatable bonds is 3. The number of aromatic nitrogens is 1. The van der Waals surface area contributed by atoms with Crippen LogP contribution >= 0.6 is 27.7 Å². The van der Waals surface area contributed by atoms with E-state index in [-0.39, 0.29) is 20.6 Å². The smallest absolute Gasteiger partial charge is 0.338 e. The van der Waals surface area contributed by atoms with Crippen LogP contribution in [-0.4, -0.2) is 32.5 Å². The van der Waals surface area contributed by atoms with Gasteiger partial charge in [-0.3, -0.25) is 0 Å². The zero-order valence-corrected chi connectivity index (χ0v) is 10.0. The first-order valence-electron chi connectivity index (χ1n) is 3.80. The zero-order chi connectivity index (χ0) is 11.6. The highest BCUT2D eigenvalue weighted by molar-refractivity contribution is 9.10. The zero-order valence-electron chi connectivity index (χ0n) is 7.64. The van der Waals surface area contributed by atoms with Crippen LogP contribution in [0.4, 0.5) is 0 Å². The molecule has 0 saturated heterocycles. The Kier molecular flexibility index (Phi) is 4.09. The molecule has 0 aliphatic carbocycles. The number of hydrogen-bond donors (Lipinski definition) is 3. The summed E-state index contributed by atoms with van der Waals surface area (Å²) in [5.41, 5.74) is -0.270. The molecule has 1 aromatic rings. The maximum Gasteiger partial charge on any atom is 0.338 e. The molecule has 0 radical (unpaired) electrons. The van der Waals surface area contributed by atoms with Gasteiger partial charge in [0.05, 0.1) is 0 Å². The van der Waals surface area contributed by atoms with Gasteiger partial charge in [-0.2, -0.15) is 0 Å². The van der Waals surface area contributed by atoms with Crippen LogP contribution in [0.25, 0.3) is 0 Å². The molecule has 5 nitrogen and oxygen atoms in total. The van der Waals surface area contributed by atoms with Gasteiger partial charge in [-0.25, -0.2) is 9.78 Å². The number of carboxylic acids is 1. The van der Waals surface area contributed by atoms with Crippen LogP contribution in [0.1, 0.15) is 22.2 Å². The Morgan fingerprint density at radius 2 is 2.20 bits per heavy atom. The van der Waals surface area contributed by atoms with Crippen molar-refractivity contribution in [3.8, 4) is 0 Å². The molecule has 0 amide bonds. The van der Waals surface area contributed by atoms with Crippen molar-refractivity contribution in [1.82, 2.24) is 4.98 Å². The third-order valence-electron chi connectivity index (χ3n) is 1.70. The second kappa shape index (κ2) is 4.93. The normalized spacial score (nSPS) is 10.7. The number of hydrogen-bond acceptors (Lipinski definition) is 5. The Labute approximate surface area is 98.3 Å². The van der Waals surface area contributed by atoms with E-state index in [9.17, 15) is 4.79 Å². The Balaban J connectivity index is 3.51. The molecular weight excluding hydrogens is 286 g/mol. The van der Waals surface area contributed by atoms with Crippen molar-refractivity contribution in [3.63, 3.8) is 0 Å².